The molecule has 128 valence electrons. The molecule has 25 heavy (non-hydrogen) atoms. The highest BCUT2D eigenvalue weighted by Gasteiger charge is 2.34. The molecule has 0 radical (unpaired) electrons. The van der Waals surface area contributed by atoms with Crippen LogP contribution in [0.2, 0.25) is 0 Å². The van der Waals surface area contributed by atoms with Gasteiger partial charge >= 0.3 is 12.1 Å². The number of carboxylic acid groups (broad SMARTS) is 1. The first kappa shape index (κ1) is 17.0. The summed E-state index contributed by atoms with van der Waals surface area (Å²) in [5.41, 5.74) is 0.883. The minimum absolute atomic E-state index is 0.0113. The van der Waals surface area contributed by atoms with Gasteiger partial charge in [-0.3, -0.25) is 0 Å². The first-order chi connectivity index (χ1) is 11.7. The fourth-order valence-electron chi connectivity index (χ4n) is 3.01. The highest BCUT2D eigenvalue weighted by atomic mass is 19.4. The van der Waals surface area contributed by atoms with Crippen molar-refractivity contribution in [2.75, 3.05) is 0 Å². The van der Waals surface area contributed by atoms with Gasteiger partial charge in [-0.1, -0.05) is 24.3 Å². The highest BCUT2D eigenvalue weighted by Crippen LogP contribution is 2.37. The zero-order valence-electron chi connectivity index (χ0n) is 13.5. The summed E-state index contributed by atoms with van der Waals surface area (Å²) < 4.78 is 39.9. The number of aromatic nitrogens is 1. The molecule has 1 heterocycles. The topological polar surface area (TPSA) is 50.2 Å². The molecule has 3 nitrogen and oxygen atoms in total. The quantitative estimate of drug-likeness (QED) is 0.691. The van der Waals surface area contributed by atoms with Gasteiger partial charge in [0.15, 0.2) is 0 Å². The van der Waals surface area contributed by atoms with E-state index in [4.69, 9.17) is 0 Å². The maximum Gasteiger partial charge on any atom is 0.417 e. The SMILES string of the molecule is Cc1cc(C)c2c(C(=O)O)cc(-c3ccccc3C(F)(F)F)nc2c1. The van der Waals surface area contributed by atoms with Crippen molar-refractivity contribution in [2.24, 2.45) is 0 Å². The number of aromatic carboxylic acids is 1. The van der Waals surface area contributed by atoms with Crippen molar-refractivity contribution in [3.05, 3.63) is 64.7 Å². The van der Waals surface area contributed by atoms with Crippen LogP contribution >= 0.6 is 0 Å². The Morgan fingerprint density at radius 3 is 2.40 bits per heavy atom. The Morgan fingerprint density at radius 1 is 1.08 bits per heavy atom. The molecular weight excluding hydrogens is 331 g/mol. The van der Waals surface area contributed by atoms with Gasteiger partial charge in [0.25, 0.3) is 0 Å². The van der Waals surface area contributed by atoms with Gasteiger partial charge in [-0.15, -0.1) is 0 Å². The third-order valence-electron chi connectivity index (χ3n) is 3.99. The van der Waals surface area contributed by atoms with Crippen LogP contribution in [0, 0.1) is 13.8 Å². The van der Waals surface area contributed by atoms with E-state index in [1.807, 2.05) is 13.0 Å². The van der Waals surface area contributed by atoms with Crippen LogP contribution in [-0.2, 0) is 6.18 Å². The molecule has 0 spiro atoms. The third kappa shape index (κ3) is 3.07. The number of pyridine rings is 1. The summed E-state index contributed by atoms with van der Waals surface area (Å²) >= 11 is 0. The summed E-state index contributed by atoms with van der Waals surface area (Å²) in [6, 6.07) is 9.72. The Morgan fingerprint density at radius 2 is 1.76 bits per heavy atom. The predicted molar refractivity (Wildman–Crippen MR) is 88.6 cm³/mol. The third-order valence-corrected chi connectivity index (χ3v) is 3.99. The van der Waals surface area contributed by atoms with E-state index in [0.29, 0.717) is 10.9 Å². The van der Waals surface area contributed by atoms with Crippen LogP contribution in [0.15, 0.2) is 42.5 Å². The van der Waals surface area contributed by atoms with Gasteiger partial charge in [0.1, 0.15) is 0 Å². The van der Waals surface area contributed by atoms with Crippen molar-refractivity contribution in [3.63, 3.8) is 0 Å². The fourth-order valence-corrected chi connectivity index (χ4v) is 3.01. The Bertz CT molecular complexity index is 994. The van der Waals surface area contributed by atoms with Gasteiger partial charge in [-0.2, -0.15) is 13.2 Å². The highest BCUT2D eigenvalue weighted by molar-refractivity contribution is 6.05. The predicted octanol–water partition coefficient (Wildman–Crippen LogP) is 5.24. The van der Waals surface area contributed by atoms with E-state index in [0.717, 1.165) is 17.2 Å². The van der Waals surface area contributed by atoms with Crippen molar-refractivity contribution < 1.29 is 23.1 Å². The molecule has 1 aromatic heterocycles. The summed E-state index contributed by atoms with van der Waals surface area (Å²) in [4.78, 5) is 16.0. The van der Waals surface area contributed by atoms with Crippen LogP contribution < -0.4 is 0 Å². The number of halogens is 3. The number of aryl methyl sites for hydroxylation is 2. The number of fused-ring (bicyclic) bond motifs is 1. The second-order valence-electron chi connectivity index (χ2n) is 5.88. The lowest BCUT2D eigenvalue weighted by atomic mass is 9.97. The number of benzene rings is 2. The van der Waals surface area contributed by atoms with Crippen LogP contribution in [-0.4, -0.2) is 16.1 Å². The molecule has 0 aliphatic heterocycles. The van der Waals surface area contributed by atoms with E-state index in [-0.39, 0.29) is 16.8 Å². The van der Waals surface area contributed by atoms with E-state index in [1.54, 1.807) is 13.0 Å². The molecule has 0 saturated carbocycles. The molecule has 0 atom stereocenters. The first-order valence-corrected chi connectivity index (χ1v) is 7.50. The summed E-state index contributed by atoms with van der Waals surface area (Å²) in [7, 11) is 0. The maximum atomic E-state index is 13.3. The average molecular weight is 345 g/mol. The van der Waals surface area contributed by atoms with Crippen molar-refractivity contribution in [1.82, 2.24) is 4.98 Å². The molecular formula is C19H14F3NO2. The molecule has 0 bridgehead atoms. The summed E-state index contributed by atoms with van der Waals surface area (Å²) in [5.74, 6) is -1.20. The monoisotopic (exact) mass is 345 g/mol. The zero-order valence-corrected chi connectivity index (χ0v) is 13.5. The van der Waals surface area contributed by atoms with Gasteiger partial charge in [0.05, 0.1) is 22.3 Å². The van der Waals surface area contributed by atoms with Gasteiger partial charge in [-0.25, -0.2) is 9.78 Å². The number of rotatable bonds is 2. The van der Waals surface area contributed by atoms with Crippen LogP contribution in [0.5, 0.6) is 0 Å². The molecule has 0 saturated heterocycles. The molecule has 2 aromatic carbocycles. The Hall–Kier alpha value is -2.89. The summed E-state index contributed by atoms with van der Waals surface area (Å²) in [6.07, 6.45) is -4.56. The fraction of sp³-hybridized carbons (Fsp3) is 0.158. The smallest absolute Gasteiger partial charge is 0.417 e. The molecule has 1 N–H and O–H groups in total. The lowest BCUT2D eigenvalue weighted by Gasteiger charge is -2.14. The van der Waals surface area contributed by atoms with Crippen LogP contribution in [0.3, 0.4) is 0 Å². The second-order valence-corrected chi connectivity index (χ2v) is 5.88. The Labute approximate surface area is 141 Å². The van der Waals surface area contributed by atoms with Gasteiger partial charge < -0.3 is 5.11 Å². The van der Waals surface area contributed by atoms with E-state index < -0.39 is 17.7 Å². The van der Waals surface area contributed by atoms with Crippen LogP contribution in [0.25, 0.3) is 22.2 Å². The standard InChI is InChI=1S/C19H14F3NO2/c1-10-7-11(2)17-13(18(24)25)9-15(23-16(17)8-10)12-5-3-4-6-14(12)19(20,21)22/h3-9H,1-2H3,(H,24,25). The van der Waals surface area contributed by atoms with Crippen molar-refractivity contribution in [1.29, 1.82) is 0 Å². The molecule has 6 heteroatoms. The zero-order chi connectivity index (χ0) is 18.4. The molecule has 0 fully saturated rings. The van der Waals surface area contributed by atoms with Crippen molar-refractivity contribution in [3.8, 4) is 11.3 Å². The van der Waals surface area contributed by atoms with E-state index in [1.165, 1.54) is 24.3 Å². The van der Waals surface area contributed by atoms with Gasteiger partial charge in [-0.05, 0) is 43.2 Å². The lowest BCUT2D eigenvalue weighted by Crippen LogP contribution is -2.08. The number of nitrogens with zero attached hydrogens (tertiary/aromatic N) is 1. The number of hydrogen-bond acceptors (Lipinski definition) is 2. The number of alkyl halides is 3. The summed E-state index contributed by atoms with van der Waals surface area (Å²) in [5, 5.41) is 9.96. The lowest BCUT2D eigenvalue weighted by molar-refractivity contribution is -0.137. The Balaban J connectivity index is 2.39. The average Bonchev–Trinajstić information content (AvgIpc) is 2.52. The van der Waals surface area contributed by atoms with Gasteiger partial charge in [0, 0.05) is 10.9 Å². The van der Waals surface area contributed by atoms with E-state index in [2.05, 4.69) is 4.98 Å². The second kappa shape index (κ2) is 5.88. The maximum absolute atomic E-state index is 13.3. The molecule has 0 unspecified atom stereocenters. The molecule has 0 aliphatic carbocycles. The number of hydrogen-bond donors (Lipinski definition) is 1. The minimum Gasteiger partial charge on any atom is -0.478 e. The van der Waals surface area contributed by atoms with Crippen molar-refractivity contribution >= 4 is 16.9 Å². The summed E-state index contributed by atoms with van der Waals surface area (Å²) in [6.45, 7) is 3.58. The minimum atomic E-state index is -4.56. The van der Waals surface area contributed by atoms with Crippen molar-refractivity contribution in [2.45, 2.75) is 20.0 Å². The first-order valence-electron chi connectivity index (χ1n) is 7.50. The van der Waals surface area contributed by atoms with Gasteiger partial charge in [0.2, 0.25) is 0 Å². The van der Waals surface area contributed by atoms with E-state index >= 15 is 0 Å². The molecule has 3 aromatic rings. The molecule has 0 aliphatic rings. The normalized spacial score (nSPS) is 11.7. The van der Waals surface area contributed by atoms with E-state index in [9.17, 15) is 23.1 Å². The number of carbonyl (C=O) groups is 1. The molecule has 3 rings (SSSR count). The molecule has 0 amide bonds. The van der Waals surface area contributed by atoms with Crippen LogP contribution in [0.1, 0.15) is 27.0 Å². The largest absolute Gasteiger partial charge is 0.478 e. The van der Waals surface area contributed by atoms with Crippen LogP contribution in [0.4, 0.5) is 13.2 Å². The Kier molecular flexibility index (Phi) is 3.99. The number of carboxylic acids is 1.